The molecule has 1 rings (SSSR count). The molecule has 1 heterocycles. The van der Waals surface area contributed by atoms with Gasteiger partial charge in [-0.25, -0.2) is 4.98 Å². The molecule has 1 atom stereocenters. The lowest BCUT2D eigenvalue weighted by molar-refractivity contribution is 0.669. The molecule has 1 unspecified atom stereocenters. The van der Waals surface area contributed by atoms with Crippen molar-refractivity contribution in [1.82, 2.24) is 4.98 Å². The van der Waals surface area contributed by atoms with Gasteiger partial charge >= 0.3 is 0 Å². The fraction of sp³-hybridized carbons (Fsp3) is 0.667. The number of rotatable bonds is 5. The van der Waals surface area contributed by atoms with E-state index in [4.69, 9.17) is 11.6 Å². The van der Waals surface area contributed by atoms with E-state index in [-0.39, 0.29) is 5.38 Å². The normalized spacial score (nSPS) is 13.2. The van der Waals surface area contributed by atoms with Crippen molar-refractivity contribution in [2.24, 2.45) is 0 Å². The molecule has 1 aromatic rings. The first-order chi connectivity index (χ1) is 5.83. The lowest BCUT2D eigenvalue weighted by atomic mass is 10.1. The first-order valence-electron chi connectivity index (χ1n) is 4.34. The number of hydrogen-bond acceptors (Lipinski definition) is 2. The van der Waals surface area contributed by atoms with Gasteiger partial charge in [-0.1, -0.05) is 19.8 Å². The molecule has 0 aliphatic rings. The fourth-order valence-electron chi connectivity index (χ4n) is 1.09. The van der Waals surface area contributed by atoms with Crippen LogP contribution in [-0.2, 0) is 6.42 Å². The molecule has 0 radical (unpaired) electrons. The third kappa shape index (κ3) is 3.55. The second-order valence-electron chi connectivity index (χ2n) is 2.92. The van der Waals surface area contributed by atoms with Crippen molar-refractivity contribution in [3.63, 3.8) is 0 Å². The maximum absolute atomic E-state index is 6.12. The summed E-state index contributed by atoms with van der Waals surface area (Å²) >= 11 is 7.75. The smallest absolute Gasteiger partial charge is 0.0794 e. The second kappa shape index (κ2) is 5.55. The molecular formula is C9H14ClNS. The highest BCUT2D eigenvalue weighted by molar-refractivity contribution is 7.07. The predicted molar refractivity (Wildman–Crippen MR) is 55.0 cm³/mol. The predicted octanol–water partition coefficient (Wildman–Crippen LogP) is 3.48. The first kappa shape index (κ1) is 10.0. The molecule has 0 saturated carbocycles. The van der Waals surface area contributed by atoms with Crippen molar-refractivity contribution in [3.05, 3.63) is 16.6 Å². The van der Waals surface area contributed by atoms with Crippen molar-refractivity contribution in [1.29, 1.82) is 0 Å². The molecule has 0 amide bonds. The minimum Gasteiger partial charge on any atom is -0.250 e. The van der Waals surface area contributed by atoms with E-state index in [0.717, 1.165) is 18.5 Å². The highest BCUT2D eigenvalue weighted by Gasteiger charge is 2.05. The Labute approximate surface area is 82.8 Å². The first-order valence-corrected chi connectivity index (χ1v) is 5.72. The van der Waals surface area contributed by atoms with Crippen LogP contribution in [-0.4, -0.2) is 10.4 Å². The van der Waals surface area contributed by atoms with Crippen LogP contribution in [0.1, 0.15) is 31.9 Å². The van der Waals surface area contributed by atoms with Crippen molar-refractivity contribution in [2.45, 2.75) is 38.0 Å². The van der Waals surface area contributed by atoms with Gasteiger partial charge in [0.2, 0.25) is 0 Å². The molecule has 0 aliphatic carbocycles. The lowest BCUT2D eigenvalue weighted by Gasteiger charge is -2.05. The van der Waals surface area contributed by atoms with Gasteiger partial charge in [-0.05, 0) is 6.42 Å². The summed E-state index contributed by atoms with van der Waals surface area (Å²) in [5, 5.41) is 2.34. The summed E-state index contributed by atoms with van der Waals surface area (Å²) in [5.41, 5.74) is 3.00. The van der Waals surface area contributed by atoms with Crippen molar-refractivity contribution in [3.8, 4) is 0 Å². The summed E-state index contributed by atoms with van der Waals surface area (Å²) in [7, 11) is 0. The monoisotopic (exact) mass is 203 g/mol. The lowest BCUT2D eigenvalue weighted by Crippen LogP contribution is -2.02. The Hall–Kier alpha value is -0.0800. The molecule has 0 N–H and O–H groups in total. The van der Waals surface area contributed by atoms with Gasteiger partial charge in [0, 0.05) is 17.2 Å². The van der Waals surface area contributed by atoms with Gasteiger partial charge in [-0.2, -0.15) is 0 Å². The standard InChI is InChI=1S/C9H14ClNS/c1-2-3-4-8(10)5-9-6-12-7-11-9/h6-8H,2-5H2,1H3. The maximum atomic E-state index is 6.12. The summed E-state index contributed by atoms with van der Waals surface area (Å²) in [6.07, 6.45) is 4.47. The fourth-order valence-corrected chi connectivity index (χ4v) is 1.98. The molecule has 3 heteroatoms. The Kier molecular flexibility index (Phi) is 4.62. The SMILES string of the molecule is CCCCC(Cl)Cc1cscn1. The summed E-state index contributed by atoms with van der Waals surface area (Å²) < 4.78 is 0. The average Bonchev–Trinajstić information content (AvgIpc) is 2.53. The van der Waals surface area contributed by atoms with Crippen molar-refractivity contribution < 1.29 is 0 Å². The van der Waals surface area contributed by atoms with E-state index < -0.39 is 0 Å². The number of aromatic nitrogens is 1. The maximum Gasteiger partial charge on any atom is 0.0794 e. The van der Waals surface area contributed by atoms with Gasteiger partial charge in [0.05, 0.1) is 11.2 Å². The summed E-state index contributed by atoms with van der Waals surface area (Å²) in [6.45, 7) is 2.19. The van der Waals surface area contributed by atoms with Crippen LogP contribution in [0.15, 0.2) is 10.9 Å². The van der Waals surface area contributed by atoms with Gasteiger partial charge in [0.1, 0.15) is 0 Å². The van der Waals surface area contributed by atoms with E-state index in [0.29, 0.717) is 0 Å². The molecule has 0 bridgehead atoms. The molecule has 12 heavy (non-hydrogen) atoms. The zero-order valence-corrected chi connectivity index (χ0v) is 8.87. The number of unbranched alkanes of at least 4 members (excludes halogenated alkanes) is 1. The van der Waals surface area contributed by atoms with Gasteiger partial charge < -0.3 is 0 Å². The Morgan fingerprint density at radius 2 is 2.50 bits per heavy atom. The molecule has 1 aromatic heterocycles. The third-order valence-corrected chi connectivity index (χ3v) is 2.79. The summed E-state index contributed by atoms with van der Waals surface area (Å²) in [5.74, 6) is 0. The number of alkyl halides is 1. The van der Waals surface area contributed by atoms with E-state index in [9.17, 15) is 0 Å². The molecule has 0 saturated heterocycles. The largest absolute Gasteiger partial charge is 0.250 e. The van der Waals surface area contributed by atoms with E-state index in [2.05, 4.69) is 17.3 Å². The highest BCUT2D eigenvalue weighted by atomic mass is 35.5. The van der Waals surface area contributed by atoms with E-state index in [1.54, 1.807) is 11.3 Å². The number of nitrogens with zero attached hydrogens (tertiary/aromatic N) is 1. The van der Waals surface area contributed by atoms with E-state index >= 15 is 0 Å². The Morgan fingerprint density at radius 3 is 3.08 bits per heavy atom. The van der Waals surface area contributed by atoms with Crippen LogP contribution >= 0.6 is 22.9 Å². The van der Waals surface area contributed by atoms with Crippen LogP contribution in [0.2, 0.25) is 0 Å². The van der Waals surface area contributed by atoms with Crippen LogP contribution in [0.3, 0.4) is 0 Å². The second-order valence-corrected chi connectivity index (χ2v) is 4.26. The van der Waals surface area contributed by atoms with Crippen LogP contribution in [0.25, 0.3) is 0 Å². The Morgan fingerprint density at radius 1 is 1.67 bits per heavy atom. The number of hydrogen-bond donors (Lipinski definition) is 0. The summed E-state index contributed by atoms with van der Waals surface area (Å²) in [4.78, 5) is 4.20. The minimum absolute atomic E-state index is 0.270. The zero-order chi connectivity index (χ0) is 8.81. The molecule has 0 aliphatic heterocycles. The molecule has 68 valence electrons. The van der Waals surface area contributed by atoms with Gasteiger partial charge in [-0.3, -0.25) is 0 Å². The van der Waals surface area contributed by atoms with Gasteiger partial charge in [-0.15, -0.1) is 22.9 Å². The van der Waals surface area contributed by atoms with Crippen LogP contribution in [0.5, 0.6) is 0 Å². The Balaban J connectivity index is 2.22. The van der Waals surface area contributed by atoms with Crippen molar-refractivity contribution >= 4 is 22.9 Å². The van der Waals surface area contributed by atoms with E-state index in [1.807, 2.05) is 5.51 Å². The topological polar surface area (TPSA) is 12.9 Å². The van der Waals surface area contributed by atoms with Crippen molar-refractivity contribution in [2.75, 3.05) is 0 Å². The van der Waals surface area contributed by atoms with E-state index in [1.165, 1.54) is 12.8 Å². The quantitative estimate of drug-likeness (QED) is 0.668. The zero-order valence-electron chi connectivity index (χ0n) is 7.29. The van der Waals surface area contributed by atoms with Crippen LogP contribution in [0, 0.1) is 0 Å². The van der Waals surface area contributed by atoms with Crippen LogP contribution in [0.4, 0.5) is 0 Å². The minimum atomic E-state index is 0.270. The van der Waals surface area contributed by atoms with Gasteiger partial charge in [0.15, 0.2) is 0 Å². The molecule has 0 fully saturated rings. The van der Waals surface area contributed by atoms with Gasteiger partial charge in [0.25, 0.3) is 0 Å². The summed E-state index contributed by atoms with van der Waals surface area (Å²) in [6, 6.07) is 0. The number of thiazole rings is 1. The Bertz CT molecular complexity index is 198. The van der Waals surface area contributed by atoms with Crippen LogP contribution < -0.4 is 0 Å². The molecular weight excluding hydrogens is 190 g/mol. The number of halogens is 1. The average molecular weight is 204 g/mol. The molecule has 0 aromatic carbocycles. The molecule has 1 nitrogen and oxygen atoms in total. The highest BCUT2D eigenvalue weighted by Crippen LogP contribution is 2.13. The molecule has 0 spiro atoms. The third-order valence-electron chi connectivity index (χ3n) is 1.79.